The molecule has 0 spiro atoms. The third-order valence-electron chi connectivity index (χ3n) is 2.19. The van der Waals surface area contributed by atoms with Crippen LogP contribution in [-0.2, 0) is 6.54 Å². The summed E-state index contributed by atoms with van der Waals surface area (Å²) in [6, 6.07) is 0. The molecule has 1 atom stereocenters. The second-order valence-electron chi connectivity index (χ2n) is 3.60. The van der Waals surface area contributed by atoms with Gasteiger partial charge >= 0.3 is 0 Å². The first-order chi connectivity index (χ1) is 5.52. The largest absolute Gasteiger partial charge is 0.388 e. The highest BCUT2D eigenvalue weighted by atomic mass is 16.3. The molecule has 0 amide bonds. The average Bonchev–Trinajstić information content (AvgIpc) is 2.38. The second kappa shape index (κ2) is 3.23. The minimum atomic E-state index is -0.715. The molecule has 68 valence electrons. The quantitative estimate of drug-likeness (QED) is 0.724. The Morgan fingerprint density at radius 1 is 1.58 bits per heavy atom. The lowest BCUT2D eigenvalue weighted by Gasteiger charge is -2.26. The highest BCUT2D eigenvalue weighted by molar-refractivity contribution is 4.76. The van der Waals surface area contributed by atoms with E-state index in [9.17, 15) is 5.11 Å². The van der Waals surface area contributed by atoms with Crippen molar-refractivity contribution in [2.75, 3.05) is 0 Å². The molecule has 12 heavy (non-hydrogen) atoms. The van der Waals surface area contributed by atoms with Gasteiger partial charge in [0, 0.05) is 0 Å². The summed E-state index contributed by atoms with van der Waals surface area (Å²) >= 11 is 0. The SMILES string of the molecule is CC(C)C(C)(O)Cn1cncn1. The van der Waals surface area contributed by atoms with E-state index in [0.717, 1.165) is 0 Å². The lowest BCUT2D eigenvalue weighted by molar-refractivity contribution is -0.00576. The number of aliphatic hydroxyl groups is 1. The molecule has 0 saturated heterocycles. The molecule has 1 heterocycles. The number of nitrogens with zero attached hydrogens (tertiary/aromatic N) is 3. The second-order valence-corrected chi connectivity index (χ2v) is 3.60. The lowest BCUT2D eigenvalue weighted by atomic mass is 9.93. The van der Waals surface area contributed by atoms with Crippen LogP contribution in [0.15, 0.2) is 12.7 Å². The third-order valence-corrected chi connectivity index (χ3v) is 2.19. The smallest absolute Gasteiger partial charge is 0.137 e. The fourth-order valence-electron chi connectivity index (χ4n) is 0.825. The van der Waals surface area contributed by atoms with Crippen LogP contribution >= 0.6 is 0 Å². The Balaban J connectivity index is 2.62. The Labute approximate surface area is 72.2 Å². The van der Waals surface area contributed by atoms with Gasteiger partial charge in [0.25, 0.3) is 0 Å². The van der Waals surface area contributed by atoms with Crippen LogP contribution in [0, 0.1) is 5.92 Å². The van der Waals surface area contributed by atoms with Crippen LogP contribution in [0.1, 0.15) is 20.8 Å². The zero-order valence-corrected chi connectivity index (χ0v) is 7.73. The maximum Gasteiger partial charge on any atom is 0.137 e. The summed E-state index contributed by atoms with van der Waals surface area (Å²) in [6.07, 6.45) is 3.08. The van der Waals surface area contributed by atoms with Gasteiger partial charge in [-0.1, -0.05) is 13.8 Å². The van der Waals surface area contributed by atoms with Gasteiger partial charge in [-0.05, 0) is 12.8 Å². The normalized spacial score (nSPS) is 16.4. The van der Waals surface area contributed by atoms with Crippen LogP contribution < -0.4 is 0 Å². The molecule has 4 nitrogen and oxygen atoms in total. The minimum Gasteiger partial charge on any atom is -0.388 e. The molecule has 1 aromatic heterocycles. The van der Waals surface area contributed by atoms with Crippen LogP contribution in [0.4, 0.5) is 0 Å². The highest BCUT2D eigenvalue weighted by Gasteiger charge is 2.25. The third kappa shape index (κ3) is 2.04. The van der Waals surface area contributed by atoms with Gasteiger partial charge in [0.05, 0.1) is 12.1 Å². The van der Waals surface area contributed by atoms with E-state index in [-0.39, 0.29) is 5.92 Å². The Kier molecular flexibility index (Phi) is 2.47. The molecule has 1 rings (SSSR count). The Bertz CT molecular complexity index is 228. The van der Waals surface area contributed by atoms with Gasteiger partial charge in [0.1, 0.15) is 12.7 Å². The van der Waals surface area contributed by atoms with Crippen molar-refractivity contribution in [2.24, 2.45) is 5.92 Å². The Morgan fingerprint density at radius 3 is 2.67 bits per heavy atom. The van der Waals surface area contributed by atoms with E-state index in [0.29, 0.717) is 6.54 Å². The molecule has 0 saturated carbocycles. The monoisotopic (exact) mass is 169 g/mol. The summed E-state index contributed by atoms with van der Waals surface area (Å²) in [4.78, 5) is 3.81. The molecular weight excluding hydrogens is 154 g/mol. The van der Waals surface area contributed by atoms with Crippen molar-refractivity contribution >= 4 is 0 Å². The molecule has 0 aliphatic rings. The molecule has 0 fully saturated rings. The number of hydrogen-bond acceptors (Lipinski definition) is 3. The number of aromatic nitrogens is 3. The average molecular weight is 169 g/mol. The molecule has 4 heteroatoms. The first-order valence-corrected chi connectivity index (χ1v) is 4.07. The van der Waals surface area contributed by atoms with Crippen LogP contribution in [0.5, 0.6) is 0 Å². The molecule has 0 aliphatic carbocycles. The summed E-state index contributed by atoms with van der Waals surface area (Å²) in [5.74, 6) is 0.210. The van der Waals surface area contributed by atoms with Gasteiger partial charge in [0.2, 0.25) is 0 Å². The summed E-state index contributed by atoms with van der Waals surface area (Å²) < 4.78 is 1.64. The summed E-state index contributed by atoms with van der Waals surface area (Å²) in [7, 11) is 0. The zero-order chi connectivity index (χ0) is 9.19. The fraction of sp³-hybridized carbons (Fsp3) is 0.750. The molecule has 0 radical (unpaired) electrons. The van der Waals surface area contributed by atoms with Gasteiger partial charge in [-0.15, -0.1) is 0 Å². The summed E-state index contributed by atoms with van der Waals surface area (Å²) in [5, 5.41) is 13.8. The van der Waals surface area contributed by atoms with Crippen molar-refractivity contribution < 1.29 is 5.11 Å². The first kappa shape index (κ1) is 9.19. The Morgan fingerprint density at radius 2 is 2.25 bits per heavy atom. The molecule has 1 aromatic rings. The van der Waals surface area contributed by atoms with E-state index in [1.54, 1.807) is 17.9 Å². The van der Waals surface area contributed by atoms with Crippen molar-refractivity contribution in [2.45, 2.75) is 32.9 Å². The van der Waals surface area contributed by atoms with Crippen LogP contribution in [0.3, 0.4) is 0 Å². The lowest BCUT2D eigenvalue weighted by Crippen LogP contribution is -2.36. The number of rotatable bonds is 3. The molecular formula is C8H15N3O. The van der Waals surface area contributed by atoms with E-state index < -0.39 is 5.60 Å². The van der Waals surface area contributed by atoms with Gasteiger partial charge in [0.15, 0.2) is 0 Å². The van der Waals surface area contributed by atoms with Crippen LogP contribution in [0.2, 0.25) is 0 Å². The van der Waals surface area contributed by atoms with Crippen LogP contribution in [-0.4, -0.2) is 25.5 Å². The maximum atomic E-state index is 9.87. The topological polar surface area (TPSA) is 50.9 Å². The molecule has 0 aromatic carbocycles. The molecule has 1 N–H and O–H groups in total. The predicted molar refractivity (Wildman–Crippen MR) is 45.5 cm³/mol. The predicted octanol–water partition coefficient (Wildman–Crippen LogP) is 0.685. The Hall–Kier alpha value is -0.900. The molecule has 1 unspecified atom stereocenters. The molecule has 0 bridgehead atoms. The summed E-state index contributed by atoms with van der Waals surface area (Å²) in [6.45, 7) is 6.26. The van der Waals surface area contributed by atoms with Gasteiger partial charge < -0.3 is 5.11 Å². The fourth-order valence-corrected chi connectivity index (χ4v) is 0.825. The van der Waals surface area contributed by atoms with Gasteiger partial charge in [-0.2, -0.15) is 5.10 Å². The van der Waals surface area contributed by atoms with Crippen LogP contribution in [0.25, 0.3) is 0 Å². The minimum absolute atomic E-state index is 0.210. The van der Waals surface area contributed by atoms with Gasteiger partial charge in [-0.3, -0.25) is 4.68 Å². The van der Waals surface area contributed by atoms with Crippen molar-refractivity contribution in [3.63, 3.8) is 0 Å². The van der Waals surface area contributed by atoms with Crippen molar-refractivity contribution in [3.8, 4) is 0 Å². The van der Waals surface area contributed by atoms with Crippen molar-refractivity contribution in [1.29, 1.82) is 0 Å². The van der Waals surface area contributed by atoms with E-state index >= 15 is 0 Å². The van der Waals surface area contributed by atoms with E-state index in [2.05, 4.69) is 10.1 Å². The van der Waals surface area contributed by atoms with Crippen molar-refractivity contribution in [3.05, 3.63) is 12.7 Å². The first-order valence-electron chi connectivity index (χ1n) is 4.07. The maximum absolute atomic E-state index is 9.87. The summed E-state index contributed by atoms with van der Waals surface area (Å²) in [5.41, 5.74) is -0.715. The van der Waals surface area contributed by atoms with Crippen molar-refractivity contribution in [1.82, 2.24) is 14.8 Å². The van der Waals surface area contributed by atoms with Gasteiger partial charge in [-0.25, -0.2) is 4.98 Å². The van der Waals surface area contributed by atoms with E-state index in [1.807, 2.05) is 13.8 Å². The molecule has 0 aliphatic heterocycles. The highest BCUT2D eigenvalue weighted by Crippen LogP contribution is 2.17. The zero-order valence-electron chi connectivity index (χ0n) is 7.73. The van der Waals surface area contributed by atoms with E-state index in [1.165, 1.54) is 6.33 Å². The number of hydrogen-bond donors (Lipinski definition) is 1. The van der Waals surface area contributed by atoms with E-state index in [4.69, 9.17) is 0 Å². The standard InChI is InChI=1S/C8H15N3O/c1-7(2)8(3,12)4-11-6-9-5-10-11/h5-7,12H,4H2,1-3H3.